The summed E-state index contributed by atoms with van der Waals surface area (Å²) in [6.45, 7) is 2.51. The monoisotopic (exact) mass is 215 g/mol. The van der Waals surface area contributed by atoms with Crippen LogP contribution in [0.4, 0.5) is 0 Å². The van der Waals surface area contributed by atoms with Crippen molar-refractivity contribution in [3.05, 3.63) is 42.0 Å². The largest absolute Gasteiger partial charge is 0.342 e. The number of carbonyl (C=O) groups excluding carboxylic acids is 1. The van der Waals surface area contributed by atoms with Gasteiger partial charge in [0.25, 0.3) is 6.54 Å². The molecule has 0 atom stereocenters. The number of hydrogen-bond acceptors (Lipinski definition) is 1. The van der Waals surface area contributed by atoms with Crippen molar-refractivity contribution in [2.75, 3.05) is 6.54 Å². The van der Waals surface area contributed by atoms with Crippen LogP contribution >= 0.6 is 0 Å². The Balaban J connectivity index is 1.91. The standard InChI is InChI=1S/C13H14N2O/c1-11(15-10-13(16)14-15)6-5-9-12-7-3-2-4-8-12/h2-5,7-9H,6,10H2,1H3/p+1/b9-5-,15-11-. The first-order valence-corrected chi connectivity index (χ1v) is 5.37. The van der Waals surface area contributed by atoms with Gasteiger partial charge >= 0.3 is 5.91 Å². The van der Waals surface area contributed by atoms with Gasteiger partial charge in [-0.1, -0.05) is 42.5 Å². The Labute approximate surface area is 95.1 Å². The van der Waals surface area contributed by atoms with E-state index in [1.165, 1.54) is 5.56 Å². The summed E-state index contributed by atoms with van der Waals surface area (Å²) >= 11 is 0. The highest BCUT2D eigenvalue weighted by Gasteiger charge is 2.28. The van der Waals surface area contributed by atoms with Crippen LogP contribution in [0.1, 0.15) is 18.9 Å². The molecule has 0 radical (unpaired) electrons. The lowest BCUT2D eigenvalue weighted by Gasteiger charge is -2.12. The van der Waals surface area contributed by atoms with Crippen molar-refractivity contribution in [1.29, 1.82) is 0 Å². The Bertz CT molecular complexity index is 436. The smallest absolute Gasteiger partial charge is 0.262 e. The summed E-state index contributed by atoms with van der Waals surface area (Å²) in [6, 6.07) is 10.2. The van der Waals surface area contributed by atoms with Crippen molar-refractivity contribution in [3.8, 4) is 0 Å². The molecule has 2 rings (SSSR count). The summed E-state index contributed by atoms with van der Waals surface area (Å²) in [4.78, 5) is 10.7. The third kappa shape index (κ3) is 2.57. The van der Waals surface area contributed by atoms with E-state index in [2.05, 4.69) is 29.7 Å². The number of rotatable bonds is 3. The number of carbonyl (C=O) groups is 1. The van der Waals surface area contributed by atoms with Crippen LogP contribution in [0, 0.1) is 0 Å². The van der Waals surface area contributed by atoms with Crippen molar-refractivity contribution in [3.63, 3.8) is 0 Å². The fourth-order valence-electron chi connectivity index (χ4n) is 1.55. The fraction of sp³-hybridized carbons (Fsp3) is 0.231. The van der Waals surface area contributed by atoms with Crippen LogP contribution in [0.2, 0.25) is 0 Å². The summed E-state index contributed by atoms with van der Waals surface area (Å²) in [7, 11) is 0. The Hall–Kier alpha value is -1.90. The molecule has 0 unspecified atom stereocenters. The third-order valence-electron chi connectivity index (χ3n) is 2.55. The van der Waals surface area contributed by atoms with Crippen LogP contribution in [0.3, 0.4) is 0 Å². The molecule has 1 aromatic rings. The molecule has 1 fully saturated rings. The van der Waals surface area contributed by atoms with Gasteiger partial charge in [0.15, 0.2) is 5.71 Å². The summed E-state index contributed by atoms with van der Waals surface area (Å²) in [5, 5.41) is 0. The van der Waals surface area contributed by atoms with E-state index in [4.69, 9.17) is 0 Å². The normalized spacial score (nSPS) is 18.2. The number of benzene rings is 1. The van der Waals surface area contributed by atoms with Gasteiger partial charge in [-0.05, 0) is 5.56 Å². The topological polar surface area (TPSA) is 32.1 Å². The van der Waals surface area contributed by atoms with Crippen molar-refractivity contribution >= 4 is 17.7 Å². The van der Waals surface area contributed by atoms with Crippen molar-refractivity contribution in [1.82, 2.24) is 5.43 Å². The summed E-state index contributed by atoms with van der Waals surface area (Å²) < 4.78 is 1.87. The minimum absolute atomic E-state index is 0.0892. The molecule has 1 aliphatic heterocycles. The quantitative estimate of drug-likeness (QED) is 0.763. The molecule has 0 aliphatic carbocycles. The van der Waals surface area contributed by atoms with Crippen LogP contribution in [0.15, 0.2) is 36.4 Å². The maximum absolute atomic E-state index is 10.7. The van der Waals surface area contributed by atoms with E-state index in [0.717, 1.165) is 12.1 Å². The summed E-state index contributed by atoms with van der Waals surface area (Å²) in [6.07, 6.45) is 5.05. The third-order valence-corrected chi connectivity index (χ3v) is 2.55. The number of allylic oxidation sites excluding steroid dienone is 1. The number of hydrogen-bond donors (Lipinski definition) is 1. The van der Waals surface area contributed by atoms with Crippen LogP contribution in [0.5, 0.6) is 0 Å². The predicted octanol–water partition coefficient (Wildman–Crippen LogP) is 1.61. The van der Waals surface area contributed by atoms with E-state index in [9.17, 15) is 4.79 Å². The molecule has 0 bridgehead atoms. The molecule has 1 N–H and O–H groups in total. The van der Waals surface area contributed by atoms with Gasteiger partial charge in [-0.2, -0.15) is 0 Å². The Morgan fingerprint density at radius 3 is 2.75 bits per heavy atom. The minimum Gasteiger partial charge on any atom is -0.262 e. The van der Waals surface area contributed by atoms with Crippen molar-refractivity contribution in [2.24, 2.45) is 0 Å². The molecule has 16 heavy (non-hydrogen) atoms. The molecule has 1 aliphatic rings. The molecule has 1 amide bonds. The molecule has 0 aromatic heterocycles. The van der Waals surface area contributed by atoms with Gasteiger partial charge in [0.05, 0.1) is 0 Å². The molecule has 82 valence electrons. The highest BCUT2D eigenvalue weighted by Crippen LogP contribution is 2.02. The lowest BCUT2D eigenvalue weighted by molar-refractivity contribution is -0.603. The molecule has 0 spiro atoms. The molecule has 1 saturated heterocycles. The fourth-order valence-corrected chi connectivity index (χ4v) is 1.55. The molecule has 1 heterocycles. The maximum atomic E-state index is 10.7. The number of hydrazone groups is 1. The van der Waals surface area contributed by atoms with Crippen LogP contribution in [0.25, 0.3) is 6.08 Å². The Morgan fingerprint density at radius 1 is 1.44 bits per heavy atom. The molecule has 3 heteroatoms. The van der Waals surface area contributed by atoms with E-state index in [1.54, 1.807) is 0 Å². The Kier molecular flexibility index (Phi) is 3.15. The first kappa shape index (κ1) is 10.6. The van der Waals surface area contributed by atoms with Crippen molar-refractivity contribution < 1.29 is 9.48 Å². The van der Waals surface area contributed by atoms with Gasteiger partial charge in [0, 0.05) is 13.3 Å². The second-order valence-electron chi connectivity index (χ2n) is 3.87. The van der Waals surface area contributed by atoms with Gasteiger partial charge in [-0.25, -0.2) is 0 Å². The highest BCUT2D eigenvalue weighted by molar-refractivity contribution is 5.85. The second-order valence-corrected chi connectivity index (χ2v) is 3.87. The first-order valence-electron chi connectivity index (χ1n) is 5.37. The molecular weight excluding hydrogens is 200 g/mol. The van der Waals surface area contributed by atoms with Crippen LogP contribution < -0.4 is 5.43 Å². The molecule has 1 aromatic carbocycles. The van der Waals surface area contributed by atoms with Crippen molar-refractivity contribution in [2.45, 2.75) is 13.3 Å². The average Bonchev–Trinajstić information content (AvgIpc) is 2.26. The number of nitrogens with zero attached hydrogens (tertiary/aromatic N) is 1. The second kappa shape index (κ2) is 4.75. The van der Waals surface area contributed by atoms with Gasteiger partial charge in [-0.3, -0.25) is 4.79 Å². The van der Waals surface area contributed by atoms with E-state index >= 15 is 0 Å². The lowest BCUT2D eigenvalue weighted by atomic mass is 10.2. The molecule has 3 nitrogen and oxygen atoms in total. The average molecular weight is 215 g/mol. The number of nitrogens with one attached hydrogen (secondary N) is 1. The van der Waals surface area contributed by atoms with Gasteiger partial charge in [0.2, 0.25) is 0 Å². The first-order chi connectivity index (χ1) is 7.75. The van der Waals surface area contributed by atoms with Gasteiger partial charge in [0.1, 0.15) is 0 Å². The van der Waals surface area contributed by atoms with Crippen LogP contribution in [-0.2, 0) is 4.79 Å². The zero-order valence-corrected chi connectivity index (χ0v) is 9.31. The van der Waals surface area contributed by atoms with E-state index in [0.29, 0.717) is 6.54 Å². The SMILES string of the molecule is C/C(C/C=C\c1ccccc1)=[N+]1\CC(=O)N1. The maximum Gasteiger partial charge on any atom is 0.342 e. The van der Waals surface area contributed by atoms with E-state index < -0.39 is 0 Å². The summed E-state index contributed by atoms with van der Waals surface area (Å²) in [5.74, 6) is 0.0892. The Morgan fingerprint density at radius 2 is 2.12 bits per heavy atom. The molecular formula is C13H15N2O+. The highest BCUT2D eigenvalue weighted by atomic mass is 16.2. The van der Waals surface area contributed by atoms with E-state index in [1.807, 2.05) is 29.8 Å². The zero-order valence-electron chi connectivity index (χ0n) is 9.31. The van der Waals surface area contributed by atoms with E-state index in [-0.39, 0.29) is 5.91 Å². The predicted molar refractivity (Wildman–Crippen MR) is 64.0 cm³/mol. The van der Waals surface area contributed by atoms with Gasteiger partial charge in [-0.15, -0.1) is 10.1 Å². The zero-order chi connectivity index (χ0) is 11.4. The lowest BCUT2D eigenvalue weighted by Crippen LogP contribution is -2.54. The minimum atomic E-state index is 0.0892. The number of amides is 1. The van der Waals surface area contributed by atoms with Crippen LogP contribution in [-0.4, -0.2) is 22.8 Å². The van der Waals surface area contributed by atoms with Gasteiger partial charge < -0.3 is 0 Å². The number of hydrazine groups is 1. The molecule has 0 saturated carbocycles. The summed E-state index contributed by atoms with van der Waals surface area (Å²) in [5.41, 5.74) is 5.07.